The molecule has 2 aliphatic rings. The van der Waals surface area contributed by atoms with E-state index in [-0.39, 0.29) is 31.0 Å². The van der Waals surface area contributed by atoms with Crippen LogP contribution in [0.1, 0.15) is 0 Å². The van der Waals surface area contributed by atoms with E-state index in [2.05, 4.69) is 20.6 Å². The number of nitrogens with zero attached hydrogens (tertiary/aromatic N) is 2. The second-order valence-electron chi connectivity index (χ2n) is 7.92. The van der Waals surface area contributed by atoms with E-state index >= 15 is 0 Å². The first-order valence-electron chi connectivity index (χ1n) is 11.3. The van der Waals surface area contributed by atoms with Gasteiger partial charge in [0.1, 0.15) is 0 Å². The van der Waals surface area contributed by atoms with Crippen LogP contribution in [0.3, 0.4) is 0 Å². The topological polar surface area (TPSA) is 84.0 Å². The van der Waals surface area contributed by atoms with Crippen molar-refractivity contribution in [3.8, 4) is 0 Å². The molecular formula is C28H18Cl2N4O2S2Zn. The summed E-state index contributed by atoms with van der Waals surface area (Å²) in [6.07, 6.45) is 17.0. The van der Waals surface area contributed by atoms with E-state index in [0.717, 1.165) is 30.7 Å². The van der Waals surface area contributed by atoms with E-state index in [1.165, 1.54) is 34.8 Å². The number of benzene rings is 2. The van der Waals surface area contributed by atoms with Gasteiger partial charge in [0.25, 0.3) is 0 Å². The first-order chi connectivity index (χ1) is 18.4. The van der Waals surface area contributed by atoms with Crippen LogP contribution in [0.4, 0.5) is 10.3 Å². The molecule has 0 radical (unpaired) electrons. The Morgan fingerprint density at radius 2 is 1.05 bits per heavy atom. The average Bonchev–Trinajstić information content (AvgIpc) is 3.50. The fourth-order valence-corrected chi connectivity index (χ4v) is 5.62. The Kier molecular flexibility index (Phi) is 9.78. The van der Waals surface area contributed by atoms with E-state index in [4.69, 9.17) is 23.2 Å². The molecule has 0 spiro atoms. The SMILES string of the molecule is O=C1C=CC=CC1=CNc1nc2ccc(Cl)cc2s1.O=C1C=CC=CC1=CNc1nc2ccc(Cl)cc2s1.[Zn]. The van der Waals surface area contributed by atoms with E-state index in [1.54, 1.807) is 36.7 Å². The number of rotatable bonds is 4. The molecule has 2 N–H and O–H groups in total. The van der Waals surface area contributed by atoms with Crippen molar-refractivity contribution in [2.45, 2.75) is 0 Å². The van der Waals surface area contributed by atoms with Crippen molar-refractivity contribution in [3.63, 3.8) is 0 Å². The zero-order valence-corrected chi connectivity index (χ0v) is 26.3. The third-order valence-electron chi connectivity index (χ3n) is 5.24. The summed E-state index contributed by atoms with van der Waals surface area (Å²) < 4.78 is 2.03. The molecule has 6 rings (SSSR count). The van der Waals surface area contributed by atoms with Crippen LogP contribution in [0.25, 0.3) is 20.4 Å². The van der Waals surface area contributed by atoms with Gasteiger partial charge in [-0.25, -0.2) is 9.97 Å². The number of fused-ring (bicyclic) bond motifs is 2. The fourth-order valence-electron chi connectivity index (χ4n) is 3.40. The number of anilines is 2. The van der Waals surface area contributed by atoms with Gasteiger partial charge in [-0.1, -0.05) is 70.2 Å². The summed E-state index contributed by atoms with van der Waals surface area (Å²) in [4.78, 5) is 31.9. The number of thiazole rings is 2. The maximum atomic E-state index is 11.6. The molecule has 0 atom stereocenters. The molecule has 0 amide bonds. The smallest absolute Gasteiger partial charge is 0.187 e. The van der Waals surface area contributed by atoms with Crippen LogP contribution < -0.4 is 10.6 Å². The second kappa shape index (κ2) is 13.2. The van der Waals surface area contributed by atoms with Gasteiger partial charge >= 0.3 is 0 Å². The van der Waals surface area contributed by atoms with Gasteiger partial charge < -0.3 is 10.6 Å². The van der Waals surface area contributed by atoms with Gasteiger partial charge in [0, 0.05) is 53.1 Å². The van der Waals surface area contributed by atoms with E-state index in [1.807, 2.05) is 48.6 Å². The number of ketones is 2. The molecule has 0 aliphatic heterocycles. The summed E-state index contributed by atoms with van der Waals surface area (Å²) in [7, 11) is 0. The number of carbonyl (C=O) groups excluding carboxylic acids is 2. The Bertz CT molecular complexity index is 1620. The van der Waals surface area contributed by atoms with Crippen molar-refractivity contribution >= 4 is 88.1 Å². The Hall–Kier alpha value is -3.20. The van der Waals surface area contributed by atoms with Crippen LogP contribution in [0.2, 0.25) is 10.0 Å². The number of aromatic nitrogens is 2. The fraction of sp³-hybridized carbons (Fsp3) is 0. The molecule has 2 aliphatic carbocycles. The minimum Gasteiger partial charge on any atom is -0.337 e. The van der Waals surface area contributed by atoms with Crippen LogP contribution in [-0.4, -0.2) is 21.5 Å². The molecule has 0 unspecified atom stereocenters. The van der Waals surface area contributed by atoms with E-state index in [9.17, 15) is 9.59 Å². The van der Waals surface area contributed by atoms with Crippen LogP contribution in [0.15, 0.2) is 109 Å². The summed E-state index contributed by atoms with van der Waals surface area (Å²) in [5, 5.41) is 8.96. The standard InChI is InChI=1S/2C14H9ClN2OS.Zn/c2*15-10-5-6-11-13(7-10)19-14(17-11)16-8-9-3-1-2-4-12(9)18;/h2*1-8H,(H,16,17);. The van der Waals surface area contributed by atoms with Crippen molar-refractivity contribution in [2.75, 3.05) is 10.6 Å². The Morgan fingerprint density at radius 1 is 0.641 bits per heavy atom. The van der Waals surface area contributed by atoms with Crippen LogP contribution >= 0.6 is 45.9 Å². The summed E-state index contributed by atoms with van der Waals surface area (Å²) in [5.41, 5.74) is 3.00. The van der Waals surface area contributed by atoms with Crippen LogP contribution in [-0.2, 0) is 29.1 Å². The molecule has 2 aromatic heterocycles. The van der Waals surface area contributed by atoms with Crippen LogP contribution in [0, 0.1) is 0 Å². The summed E-state index contributed by atoms with van der Waals surface area (Å²) >= 11 is 14.9. The van der Waals surface area contributed by atoms with E-state index < -0.39 is 0 Å². The predicted octanol–water partition coefficient (Wildman–Crippen LogP) is 7.88. The largest absolute Gasteiger partial charge is 0.337 e. The Balaban J connectivity index is 0.000000176. The van der Waals surface area contributed by atoms with Gasteiger partial charge in [-0.3, -0.25) is 9.59 Å². The molecule has 6 nitrogen and oxygen atoms in total. The van der Waals surface area contributed by atoms with Crippen molar-refractivity contribution < 1.29 is 29.1 Å². The first kappa shape index (κ1) is 28.8. The molecular weight excluding hydrogens is 625 g/mol. The Labute approximate surface area is 254 Å². The third-order valence-corrected chi connectivity index (χ3v) is 7.61. The Morgan fingerprint density at radius 3 is 1.46 bits per heavy atom. The van der Waals surface area contributed by atoms with Crippen molar-refractivity contribution in [1.82, 2.24) is 9.97 Å². The number of nitrogens with one attached hydrogen (secondary N) is 2. The molecule has 0 saturated carbocycles. The molecule has 2 aromatic carbocycles. The number of hydrogen-bond acceptors (Lipinski definition) is 8. The molecule has 11 heteroatoms. The third kappa shape index (κ3) is 7.47. The quantitative estimate of drug-likeness (QED) is 0.174. The second-order valence-corrected chi connectivity index (χ2v) is 10.8. The maximum Gasteiger partial charge on any atom is 0.187 e. The van der Waals surface area contributed by atoms with Crippen molar-refractivity contribution in [1.29, 1.82) is 0 Å². The molecule has 2 heterocycles. The van der Waals surface area contributed by atoms with E-state index in [0.29, 0.717) is 21.2 Å². The van der Waals surface area contributed by atoms with Crippen molar-refractivity contribution in [2.24, 2.45) is 0 Å². The number of carbonyl (C=O) groups is 2. The summed E-state index contributed by atoms with van der Waals surface area (Å²) in [6.45, 7) is 0. The molecule has 190 valence electrons. The number of halogens is 2. The van der Waals surface area contributed by atoms with Gasteiger partial charge in [-0.05, 0) is 60.7 Å². The average molecular weight is 643 g/mol. The minimum atomic E-state index is -0.0147. The molecule has 0 fully saturated rings. The summed E-state index contributed by atoms with van der Waals surface area (Å²) in [6, 6.07) is 11.1. The van der Waals surface area contributed by atoms with Crippen molar-refractivity contribution in [3.05, 3.63) is 119 Å². The van der Waals surface area contributed by atoms with Gasteiger partial charge in [0.05, 0.1) is 20.4 Å². The predicted molar refractivity (Wildman–Crippen MR) is 159 cm³/mol. The van der Waals surface area contributed by atoms with Gasteiger partial charge in [-0.2, -0.15) is 0 Å². The molecule has 0 saturated heterocycles. The molecule has 0 bridgehead atoms. The minimum absolute atomic E-state index is 0. The zero-order valence-electron chi connectivity index (χ0n) is 20.2. The van der Waals surface area contributed by atoms with Gasteiger partial charge in [0.2, 0.25) is 0 Å². The zero-order chi connectivity index (χ0) is 26.5. The number of allylic oxidation sites excluding steroid dienone is 10. The molecule has 4 aromatic rings. The van der Waals surface area contributed by atoms with Gasteiger partial charge in [-0.15, -0.1) is 0 Å². The summed E-state index contributed by atoms with van der Waals surface area (Å²) in [5.74, 6) is -0.0293. The maximum absolute atomic E-state index is 11.6. The van der Waals surface area contributed by atoms with Crippen LogP contribution in [0.5, 0.6) is 0 Å². The monoisotopic (exact) mass is 640 g/mol. The number of hydrogen-bond donors (Lipinski definition) is 2. The molecule has 39 heavy (non-hydrogen) atoms. The normalized spacial score (nSPS) is 16.1. The van der Waals surface area contributed by atoms with Gasteiger partial charge in [0.15, 0.2) is 21.8 Å². The first-order valence-corrected chi connectivity index (χ1v) is 13.7.